The standard InChI is InChI=1S/C11H15NO5P/c13-9-12(14)7-11(8-18(15,16)17)6-10-4-2-1-3-5-10/h1-5,9,11H,6-8H2,(H2,15,16,17)/q-1/p-2. The summed E-state index contributed by atoms with van der Waals surface area (Å²) in [4.78, 5) is 31.8. The van der Waals surface area contributed by atoms with Crippen molar-refractivity contribution in [1.29, 1.82) is 0 Å². The minimum Gasteiger partial charge on any atom is -0.811 e. The molecule has 0 bridgehead atoms. The number of hydrogen-bond acceptors (Lipinski definition) is 5. The van der Waals surface area contributed by atoms with E-state index in [4.69, 9.17) is 0 Å². The molecule has 0 heterocycles. The molecular formula is C11H13NO5P-3. The molecule has 1 aromatic carbocycles. The third-order valence-corrected chi connectivity index (χ3v) is 3.37. The lowest BCUT2D eigenvalue weighted by atomic mass is 10.0. The van der Waals surface area contributed by atoms with Gasteiger partial charge in [0.25, 0.3) is 0 Å². The molecule has 0 spiro atoms. The molecule has 0 aliphatic rings. The largest absolute Gasteiger partial charge is 0.811 e. The van der Waals surface area contributed by atoms with Gasteiger partial charge in [-0.15, -0.1) is 0 Å². The van der Waals surface area contributed by atoms with Gasteiger partial charge in [-0.25, -0.2) is 0 Å². The molecule has 0 fully saturated rings. The van der Waals surface area contributed by atoms with Crippen molar-refractivity contribution in [2.45, 2.75) is 6.42 Å². The number of amides is 1. The van der Waals surface area contributed by atoms with E-state index < -0.39 is 19.7 Å². The highest BCUT2D eigenvalue weighted by Gasteiger charge is 2.12. The van der Waals surface area contributed by atoms with Crippen molar-refractivity contribution < 1.29 is 19.1 Å². The van der Waals surface area contributed by atoms with Crippen LogP contribution in [-0.2, 0) is 15.8 Å². The van der Waals surface area contributed by atoms with Crippen LogP contribution in [0.15, 0.2) is 30.3 Å². The monoisotopic (exact) mass is 270 g/mol. The SMILES string of the molecule is O=CN([O-])CC(Cc1ccccc1)CP(=O)([O-])[O-]. The maximum atomic E-state index is 11.0. The lowest BCUT2D eigenvalue weighted by Gasteiger charge is -2.36. The zero-order chi connectivity index (χ0) is 13.6. The molecule has 0 saturated carbocycles. The minimum atomic E-state index is -4.71. The molecule has 18 heavy (non-hydrogen) atoms. The molecule has 0 aliphatic heterocycles. The van der Waals surface area contributed by atoms with E-state index in [0.29, 0.717) is 0 Å². The second-order valence-electron chi connectivity index (χ2n) is 4.05. The lowest BCUT2D eigenvalue weighted by Crippen LogP contribution is -2.30. The Hall–Kier alpha value is -1.20. The van der Waals surface area contributed by atoms with Gasteiger partial charge in [0.05, 0.1) is 0 Å². The third-order valence-electron chi connectivity index (χ3n) is 2.40. The van der Waals surface area contributed by atoms with Crippen LogP contribution in [-0.4, -0.2) is 24.2 Å². The minimum absolute atomic E-state index is 0.0680. The van der Waals surface area contributed by atoms with Crippen LogP contribution in [0.25, 0.3) is 0 Å². The first-order chi connectivity index (χ1) is 8.40. The van der Waals surface area contributed by atoms with E-state index in [1.807, 2.05) is 0 Å². The average molecular weight is 270 g/mol. The van der Waals surface area contributed by atoms with Crippen molar-refractivity contribution in [3.8, 4) is 0 Å². The summed E-state index contributed by atoms with van der Waals surface area (Å²) in [5, 5.41) is 11.1. The molecule has 1 amide bonds. The second-order valence-corrected chi connectivity index (χ2v) is 5.64. The van der Waals surface area contributed by atoms with Gasteiger partial charge in [-0.3, -0.25) is 4.79 Å². The summed E-state index contributed by atoms with van der Waals surface area (Å²) in [5.74, 6) is -0.684. The topological polar surface area (TPSA) is 107 Å². The Labute approximate surface area is 105 Å². The predicted molar refractivity (Wildman–Crippen MR) is 62.2 cm³/mol. The highest BCUT2D eigenvalue weighted by atomic mass is 31.2. The summed E-state index contributed by atoms with van der Waals surface area (Å²) in [5.41, 5.74) is 0.815. The third kappa shape index (κ3) is 5.93. The van der Waals surface area contributed by atoms with E-state index in [1.165, 1.54) is 0 Å². The number of benzene rings is 1. The van der Waals surface area contributed by atoms with E-state index in [2.05, 4.69) is 0 Å². The Morgan fingerprint density at radius 2 is 1.89 bits per heavy atom. The summed E-state index contributed by atoms with van der Waals surface area (Å²) in [6.07, 6.45) is -0.297. The van der Waals surface area contributed by atoms with E-state index in [9.17, 15) is 24.4 Å². The molecule has 0 aliphatic carbocycles. The number of carbonyl (C=O) groups is 1. The van der Waals surface area contributed by atoms with Gasteiger partial charge in [-0.2, -0.15) is 0 Å². The average Bonchev–Trinajstić information content (AvgIpc) is 2.27. The van der Waals surface area contributed by atoms with Crippen molar-refractivity contribution in [2.24, 2.45) is 5.92 Å². The molecule has 100 valence electrons. The van der Waals surface area contributed by atoms with Gasteiger partial charge in [0.15, 0.2) is 6.41 Å². The van der Waals surface area contributed by atoms with Crippen molar-refractivity contribution in [3.05, 3.63) is 41.1 Å². The number of rotatable bonds is 7. The van der Waals surface area contributed by atoms with Crippen LogP contribution >= 0.6 is 7.60 Å². The highest BCUT2D eigenvalue weighted by Crippen LogP contribution is 2.28. The van der Waals surface area contributed by atoms with E-state index in [0.717, 1.165) is 5.56 Å². The molecule has 0 saturated heterocycles. The van der Waals surface area contributed by atoms with E-state index >= 15 is 0 Å². The molecule has 7 heteroatoms. The predicted octanol–water partition coefficient (Wildman–Crippen LogP) is -0.285. The van der Waals surface area contributed by atoms with Crippen LogP contribution in [0, 0.1) is 11.1 Å². The van der Waals surface area contributed by atoms with Gasteiger partial charge in [-0.1, -0.05) is 37.9 Å². The first-order valence-electron chi connectivity index (χ1n) is 5.35. The number of hydrogen-bond donors (Lipinski definition) is 0. The van der Waals surface area contributed by atoms with Crippen LogP contribution in [0.3, 0.4) is 0 Å². The van der Waals surface area contributed by atoms with Crippen molar-refractivity contribution in [2.75, 3.05) is 12.7 Å². The van der Waals surface area contributed by atoms with Crippen LogP contribution in [0.2, 0.25) is 0 Å². The Bertz CT molecular complexity index is 419. The number of nitrogens with zero attached hydrogens (tertiary/aromatic N) is 1. The van der Waals surface area contributed by atoms with E-state index in [1.54, 1.807) is 30.3 Å². The zero-order valence-corrected chi connectivity index (χ0v) is 10.5. The smallest absolute Gasteiger partial charge is 0.199 e. The summed E-state index contributed by atoms with van der Waals surface area (Å²) in [6, 6.07) is 8.88. The van der Waals surface area contributed by atoms with Gasteiger partial charge < -0.3 is 24.6 Å². The maximum Gasteiger partial charge on any atom is 0.199 e. The van der Waals surface area contributed by atoms with Gasteiger partial charge in [0.2, 0.25) is 0 Å². The number of hydroxylamine groups is 2. The van der Waals surface area contributed by atoms with Crippen LogP contribution in [0.4, 0.5) is 0 Å². The maximum absolute atomic E-state index is 11.0. The molecule has 1 unspecified atom stereocenters. The molecular weight excluding hydrogens is 257 g/mol. The van der Waals surface area contributed by atoms with Crippen LogP contribution in [0.1, 0.15) is 5.56 Å². The summed E-state index contributed by atoms with van der Waals surface area (Å²) < 4.78 is 10.8. The first kappa shape index (κ1) is 14.9. The Kier molecular flexibility index (Phi) is 5.50. The molecule has 0 aromatic heterocycles. The fourth-order valence-corrected chi connectivity index (χ4v) is 2.63. The first-order valence-corrected chi connectivity index (χ1v) is 7.07. The Morgan fingerprint density at radius 3 is 2.39 bits per heavy atom. The Morgan fingerprint density at radius 1 is 1.28 bits per heavy atom. The number of carbonyl (C=O) groups excluding carboxylic acids is 1. The van der Waals surface area contributed by atoms with Crippen LogP contribution < -0.4 is 9.79 Å². The van der Waals surface area contributed by atoms with Crippen molar-refractivity contribution in [1.82, 2.24) is 5.06 Å². The lowest BCUT2D eigenvalue weighted by molar-refractivity contribution is -0.314. The van der Waals surface area contributed by atoms with Gasteiger partial charge in [0.1, 0.15) is 0 Å². The fraction of sp³-hybridized carbons (Fsp3) is 0.364. The molecule has 1 aromatic rings. The Balaban J connectivity index is 2.71. The van der Waals surface area contributed by atoms with Crippen molar-refractivity contribution >= 4 is 14.0 Å². The van der Waals surface area contributed by atoms with E-state index in [-0.39, 0.29) is 24.4 Å². The second kappa shape index (κ2) is 6.66. The normalized spacial score (nSPS) is 13.1. The summed E-state index contributed by atoms with van der Waals surface area (Å²) in [7, 11) is -4.71. The van der Waals surface area contributed by atoms with Crippen LogP contribution in [0.5, 0.6) is 0 Å². The quantitative estimate of drug-likeness (QED) is 0.384. The highest BCUT2D eigenvalue weighted by molar-refractivity contribution is 7.48. The molecule has 0 radical (unpaired) electrons. The summed E-state index contributed by atoms with van der Waals surface area (Å²) >= 11 is 0. The fourth-order valence-electron chi connectivity index (χ4n) is 1.75. The molecule has 0 N–H and O–H groups in total. The van der Waals surface area contributed by atoms with Gasteiger partial charge in [0, 0.05) is 6.54 Å². The molecule has 6 nitrogen and oxygen atoms in total. The summed E-state index contributed by atoms with van der Waals surface area (Å²) in [6.45, 7) is -0.299. The van der Waals surface area contributed by atoms with Crippen molar-refractivity contribution in [3.63, 3.8) is 0 Å². The molecule has 1 rings (SSSR count). The molecule has 1 atom stereocenters. The zero-order valence-electron chi connectivity index (χ0n) is 9.60. The van der Waals surface area contributed by atoms with Gasteiger partial charge in [-0.05, 0) is 24.1 Å². The van der Waals surface area contributed by atoms with Gasteiger partial charge >= 0.3 is 0 Å².